The zero-order valence-electron chi connectivity index (χ0n) is 13.4. The highest BCUT2D eigenvalue weighted by Crippen LogP contribution is 2.30. The summed E-state index contributed by atoms with van der Waals surface area (Å²) in [6.45, 7) is 14.8. The maximum atomic E-state index is 6.15. The summed E-state index contributed by atoms with van der Waals surface area (Å²) in [4.78, 5) is 2.63. The fourth-order valence-electron chi connectivity index (χ4n) is 3.44. The van der Waals surface area contributed by atoms with Crippen LogP contribution in [0.4, 0.5) is 0 Å². The van der Waals surface area contributed by atoms with Gasteiger partial charge in [0.05, 0.1) is 11.7 Å². The Morgan fingerprint density at radius 2 is 2.11 bits per heavy atom. The molecule has 2 fully saturated rings. The molecule has 0 radical (unpaired) electrons. The van der Waals surface area contributed by atoms with Gasteiger partial charge < -0.3 is 10.1 Å². The van der Waals surface area contributed by atoms with Crippen LogP contribution >= 0.6 is 0 Å². The lowest BCUT2D eigenvalue weighted by Gasteiger charge is -2.40. The number of hydrogen-bond acceptors (Lipinski definition) is 3. The second-order valence-corrected chi connectivity index (χ2v) is 7.58. The van der Waals surface area contributed by atoms with Crippen LogP contribution in [0.25, 0.3) is 0 Å². The van der Waals surface area contributed by atoms with E-state index in [1.54, 1.807) is 0 Å². The van der Waals surface area contributed by atoms with Gasteiger partial charge in [-0.3, -0.25) is 4.90 Å². The van der Waals surface area contributed by atoms with Crippen LogP contribution < -0.4 is 5.32 Å². The molecule has 3 unspecified atom stereocenters. The maximum absolute atomic E-state index is 6.15. The second kappa shape index (κ2) is 6.11. The van der Waals surface area contributed by atoms with Gasteiger partial charge in [0.15, 0.2) is 0 Å². The molecule has 112 valence electrons. The number of rotatable bonds is 4. The molecule has 2 saturated heterocycles. The van der Waals surface area contributed by atoms with E-state index >= 15 is 0 Å². The zero-order valence-corrected chi connectivity index (χ0v) is 13.4. The SMILES string of the molecule is CC(C)CC1CN(CC2CCC(C)(C)O2)C(C)CN1. The van der Waals surface area contributed by atoms with Crippen molar-refractivity contribution in [1.29, 1.82) is 0 Å². The van der Waals surface area contributed by atoms with Crippen LogP contribution in [0.1, 0.15) is 53.9 Å². The molecule has 1 N–H and O–H groups in total. The van der Waals surface area contributed by atoms with E-state index in [1.165, 1.54) is 25.8 Å². The Bertz CT molecular complexity index is 290. The van der Waals surface area contributed by atoms with Crippen molar-refractivity contribution in [3.05, 3.63) is 0 Å². The molecule has 2 rings (SSSR count). The standard InChI is InChI=1S/C16H32N2O/c1-12(2)8-14-10-18(13(3)9-17-14)11-15-6-7-16(4,5)19-15/h12-15,17H,6-11H2,1-5H3. The molecule has 0 spiro atoms. The lowest BCUT2D eigenvalue weighted by molar-refractivity contribution is -0.0376. The largest absolute Gasteiger partial charge is 0.371 e. The minimum atomic E-state index is 0.0965. The molecular weight excluding hydrogens is 236 g/mol. The summed E-state index contributed by atoms with van der Waals surface area (Å²) in [6, 6.07) is 1.29. The van der Waals surface area contributed by atoms with Crippen molar-refractivity contribution < 1.29 is 4.74 Å². The number of nitrogens with zero attached hydrogens (tertiary/aromatic N) is 1. The van der Waals surface area contributed by atoms with Crippen LogP contribution in [0.15, 0.2) is 0 Å². The van der Waals surface area contributed by atoms with E-state index in [9.17, 15) is 0 Å². The Hall–Kier alpha value is -0.120. The van der Waals surface area contributed by atoms with E-state index in [4.69, 9.17) is 4.74 Å². The van der Waals surface area contributed by atoms with Crippen molar-refractivity contribution in [2.45, 2.75) is 77.7 Å². The molecule has 19 heavy (non-hydrogen) atoms. The first-order valence-corrected chi connectivity index (χ1v) is 8.01. The van der Waals surface area contributed by atoms with Crippen LogP contribution in [0.3, 0.4) is 0 Å². The van der Waals surface area contributed by atoms with Gasteiger partial charge in [0.2, 0.25) is 0 Å². The highest BCUT2D eigenvalue weighted by molar-refractivity contribution is 4.88. The first kappa shape index (κ1) is 15.3. The lowest BCUT2D eigenvalue weighted by atomic mass is 9.99. The highest BCUT2D eigenvalue weighted by Gasteiger charge is 2.34. The summed E-state index contributed by atoms with van der Waals surface area (Å²) in [5.41, 5.74) is 0.0965. The molecule has 0 aromatic rings. The number of nitrogens with one attached hydrogen (secondary N) is 1. The molecule has 3 nitrogen and oxygen atoms in total. The summed E-state index contributed by atoms with van der Waals surface area (Å²) in [6.07, 6.45) is 4.14. The summed E-state index contributed by atoms with van der Waals surface area (Å²) < 4.78 is 6.15. The van der Waals surface area contributed by atoms with Crippen LogP contribution in [0, 0.1) is 5.92 Å². The third-order valence-electron chi connectivity index (χ3n) is 4.53. The fourth-order valence-corrected chi connectivity index (χ4v) is 3.44. The minimum absolute atomic E-state index is 0.0965. The average molecular weight is 268 g/mol. The molecule has 2 aliphatic rings. The smallest absolute Gasteiger partial charge is 0.0710 e. The van der Waals surface area contributed by atoms with Crippen molar-refractivity contribution in [1.82, 2.24) is 10.2 Å². The van der Waals surface area contributed by atoms with E-state index in [0.717, 1.165) is 19.0 Å². The van der Waals surface area contributed by atoms with E-state index < -0.39 is 0 Å². The first-order chi connectivity index (χ1) is 8.85. The minimum Gasteiger partial charge on any atom is -0.371 e. The Morgan fingerprint density at radius 1 is 1.37 bits per heavy atom. The van der Waals surface area contributed by atoms with Gasteiger partial charge in [0, 0.05) is 31.7 Å². The summed E-state index contributed by atoms with van der Waals surface area (Å²) in [5, 5.41) is 3.69. The molecule has 0 aromatic heterocycles. The van der Waals surface area contributed by atoms with Gasteiger partial charge in [0.25, 0.3) is 0 Å². The molecule has 3 atom stereocenters. The van der Waals surface area contributed by atoms with Gasteiger partial charge in [-0.1, -0.05) is 13.8 Å². The first-order valence-electron chi connectivity index (χ1n) is 8.01. The fraction of sp³-hybridized carbons (Fsp3) is 1.00. The van der Waals surface area contributed by atoms with Crippen molar-refractivity contribution in [3.63, 3.8) is 0 Å². The molecule has 0 amide bonds. The molecule has 0 bridgehead atoms. The van der Waals surface area contributed by atoms with Crippen molar-refractivity contribution >= 4 is 0 Å². The topological polar surface area (TPSA) is 24.5 Å². The molecule has 0 aromatic carbocycles. The lowest BCUT2D eigenvalue weighted by Crippen LogP contribution is -2.57. The Kier molecular flexibility index (Phi) is 4.91. The number of ether oxygens (including phenoxy) is 1. The van der Waals surface area contributed by atoms with Gasteiger partial charge in [-0.2, -0.15) is 0 Å². The van der Waals surface area contributed by atoms with E-state index in [2.05, 4.69) is 44.8 Å². The molecular formula is C16H32N2O. The second-order valence-electron chi connectivity index (χ2n) is 7.58. The summed E-state index contributed by atoms with van der Waals surface area (Å²) in [5.74, 6) is 0.773. The summed E-state index contributed by atoms with van der Waals surface area (Å²) in [7, 11) is 0. The van der Waals surface area contributed by atoms with Crippen LogP contribution in [0.5, 0.6) is 0 Å². The molecule has 0 saturated carbocycles. The molecule has 3 heteroatoms. The predicted octanol–water partition coefficient (Wildman–Crippen LogP) is 2.65. The normalized spacial score (nSPS) is 36.0. The van der Waals surface area contributed by atoms with Crippen molar-refractivity contribution in [2.75, 3.05) is 19.6 Å². The van der Waals surface area contributed by atoms with Gasteiger partial charge in [-0.15, -0.1) is 0 Å². The van der Waals surface area contributed by atoms with Crippen molar-refractivity contribution in [3.8, 4) is 0 Å². The monoisotopic (exact) mass is 268 g/mol. The van der Waals surface area contributed by atoms with E-state index in [0.29, 0.717) is 18.2 Å². The zero-order chi connectivity index (χ0) is 14.0. The Labute approximate surface area is 119 Å². The van der Waals surface area contributed by atoms with Crippen LogP contribution in [-0.2, 0) is 4.74 Å². The maximum Gasteiger partial charge on any atom is 0.0710 e. The predicted molar refractivity (Wildman–Crippen MR) is 80.5 cm³/mol. The van der Waals surface area contributed by atoms with Crippen molar-refractivity contribution in [2.24, 2.45) is 5.92 Å². The van der Waals surface area contributed by atoms with Gasteiger partial charge >= 0.3 is 0 Å². The molecule has 2 aliphatic heterocycles. The van der Waals surface area contributed by atoms with Gasteiger partial charge in [-0.25, -0.2) is 0 Å². The number of hydrogen-bond donors (Lipinski definition) is 1. The Morgan fingerprint density at radius 3 is 2.68 bits per heavy atom. The number of piperazine rings is 1. The average Bonchev–Trinajstić information content (AvgIpc) is 2.62. The third kappa shape index (κ3) is 4.44. The van der Waals surface area contributed by atoms with Gasteiger partial charge in [0.1, 0.15) is 0 Å². The van der Waals surface area contributed by atoms with Crippen LogP contribution in [0.2, 0.25) is 0 Å². The Balaban J connectivity index is 1.84. The van der Waals surface area contributed by atoms with E-state index in [1.807, 2.05) is 0 Å². The molecule has 0 aliphatic carbocycles. The molecule has 2 heterocycles. The highest BCUT2D eigenvalue weighted by atomic mass is 16.5. The van der Waals surface area contributed by atoms with Crippen LogP contribution in [-0.4, -0.2) is 48.3 Å². The summed E-state index contributed by atoms with van der Waals surface area (Å²) >= 11 is 0. The van der Waals surface area contributed by atoms with Gasteiger partial charge in [-0.05, 0) is 46.0 Å². The van der Waals surface area contributed by atoms with E-state index in [-0.39, 0.29) is 5.60 Å². The quantitative estimate of drug-likeness (QED) is 0.848. The third-order valence-corrected chi connectivity index (χ3v) is 4.53.